The van der Waals surface area contributed by atoms with Gasteiger partial charge in [-0.2, -0.15) is 0 Å². The van der Waals surface area contributed by atoms with Crippen molar-refractivity contribution in [3.63, 3.8) is 0 Å². The number of amides is 1. The molecule has 1 aromatic carbocycles. The first kappa shape index (κ1) is 16.8. The molecule has 0 bridgehead atoms. The van der Waals surface area contributed by atoms with Crippen LogP contribution in [0.5, 0.6) is 5.75 Å². The highest BCUT2D eigenvalue weighted by atomic mass is 35.5. The zero-order valence-corrected chi connectivity index (χ0v) is 12.9. The highest BCUT2D eigenvalue weighted by Crippen LogP contribution is 2.24. The van der Waals surface area contributed by atoms with Gasteiger partial charge >= 0.3 is 0 Å². The lowest BCUT2D eigenvalue weighted by Crippen LogP contribution is -2.34. The Morgan fingerprint density at radius 1 is 1.45 bits per heavy atom. The van der Waals surface area contributed by atoms with E-state index < -0.39 is 11.7 Å². The lowest BCUT2D eigenvalue weighted by molar-refractivity contribution is 0.0927. The number of alkyl halides is 1. The van der Waals surface area contributed by atoms with E-state index in [1.807, 2.05) is 13.8 Å². The van der Waals surface area contributed by atoms with E-state index in [9.17, 15) is 9.18 Å². The quantitative estimate of drug-likeness (QED) is 0.781. The molecule has 0 saturated heterocycles. The van der Waals surface area contributed by atoms with Gasteiger partial charge in [-0.05, 0) is 30.4 Å². The van der Waals surface area contributed by atoms with Gasteiger partial charge in [0.15, 0.2) is 0 Å². The summed E-state index contributed by atoms with van der Waals surface area (Å²) in [4.78, 5) is 12.1. The Morgan fingerprint density at radius 3 is 2.75 bits per heavy atom. The molecule has 0 fully saturated rings. The number of nitrogens with one attached hydrogen (secondary N) is 1. The number of rotatable bonds is 7. The molecule has 0 spiro atoms. The molecule has 1 aromatic rings. The molecular formula is C15H21ClFNO2. The molecule has 0 aliphatic rings. The molecule has 1 rings (SSSR count). The van der Waals surface area contributed by atoms with Gasteiger partial charge in [-0.3, -0.25) is 4.79 Å². The van der Waals surface area contributed by atoms with E-state index in [2.05, 4.69) is 5.32 Å². The van der Waals surface area contributed by atoms with E-state index in [1.54, 1.807) is 6.07 Å². The highest BCUT2D eigenvalue weighted by molar-refractivity contribution is 6.17. The van der Waals surface area contributed by atoms with E-state index in [4.69, 9.17) is 16.3 Å². The predicted octanol–water partition coefficient (Wildman–Crippen LogP) is 3.61. The van der Waals surface area contributed by atoms with Gasteiger partial charge in [-0.15, -0.1) is 11.6 Å². The first-order valence-corrected chi connectivity index (χ1v) is 7.11. The van der Waals surface area contributed by atoms with Crippen LogP contribution in [0.3, 0.4) is 0 Å². The summed E-state index contributed by atoms with van der Waals surface area (Å²) < 4.78 is 18.8. The molecule has 3 nitrogen and oxygen atoms in total. The first-order valence-electron chi connectivity index (χ1n) is 6.58. The van der Waals surface area contributed by atoms with Crippen LogP contribution in [0, 0.1) is 11.2 Å². The molecule has 112 valence electrons. The van der Waals surface area contributed by atoms with Crippen molar-refractivity contribution < 1.29 is 13.9 Å². The van der Waals surface area contributed by atoms with Crippen molar-refractivity contribution in [1.82, 2.24) is 5.32 Å². The van der Waals surface area contributed by atoms with Gasteiger partial charge in [-0.1, -0.05) is 19.9 Å². The van der Waals surface area contributed by atoms with Crippen LogP contribution in [0.2, 0.25) is 0 Å². The monoisotopic (exact) mass is 301 g/mol. The smallest absolute Gasteiger partial charge is 0.258 e. The maximum absolute atomic E-state index is 13.8. The van der Waals surface area contributed by atoms with Crippen molar-refractivity contribution in [2.45, 2.75) is 26.7 Å². The molecule has 0 radical (unpaired) electrons. The van der Waals surface area contributed by atoms with Crippen LogP contribution in [0.4, 0.5) is 4.39 Å². The van der Waals surface area contributed by atoms with E-state index in [1.165, 1.54) is 19.2 Å². The average molecular weight is 302 g/mol. The largest absolute Gasteiger partial charge is 0.496 e. The van der Waals surface area contributed by atoms with E-state index in [-0.39, 0.29) is 16.7 Å². The maximum atomic E-state index is 13.8. The Bertz CT molecular complexity index is 463. The van der Waals surface area contributed by atoms with Crippen LogP contribution >= 0.6 is 11.6 Å². The normalized spacial score (nSPS) is 11.2. The molecule has 0 heterocycles. The zero-order valence-electron chi connectivity index (χ0n) is 12.1. The Kier molecular flexibility index (Phi) is 6.27. The van der Waals surface area contributed by atoms with Crippen LogP contribution < -0.4 is 10.1 Å². The van der Waals surface area contributed by atoms with Crippen LogP contribution in [-0.2, 0) is 0 Å². The van der Waals surface area contributed by atoms with Gasteiger partial charge in [0, 0.05) is 12.4 Å². The fraction of sp³-hybridized carbons (Fsp3) is 0.533. The van der Waals surface area contributed by atoms with Crippen LogP contribution in [-0.4, -0.2) is 25.4 Å². The molecule has 1 N–H and O–H groups in total. The molecule has 0 saturated carbocycles. The third kappa shape index (κ3) is 4.67. The molecule has 0 aromatic heterocycles. The highest BCUT2D eigenvalue weighted by Gasteiger charge is 2.22. The topological polar surface area (TPSA) is 38.3 Å². The fourth-order valence-corrected chi connectivity index (χ4v) is 2.07. The Balaban J connectivity index is 2.73. The Morgan fingerprint density at radius 2 is 2.15 bits per heavy atom. The lowest BCUT2D eigenvalue weighted by Gasteiger charge is -2.24. The lowest BCUT2D eigenvalue weighted by atomic mass is 9.88. The second-order valence-corrected chi connectivity index (χ2v) is 5.83. The second-order valence-electron chi connectivity index (χ2n) is 5.46. The summed E-state index contributed by atoms with van der Waals surface area (Å²) in [5.74, 6) is -0.209. The third-order valence-corrected chi connectivity index (χ3v) is 3.40. The van der Waals surface area contributed by atoms with Gasteiger partial charge in [0.05, 0.1) is 7.11 Å². The summed E-state index contributed by atoms with van der Waals surface area (Å²) in [7, 11) is 1.41. The SMILES string of the molecule is COc1cccc(F)c1C(=O)NCC(C)(C)CCCCl. The number of methoxy groups -OCH3 is 1. The van der Waals surface area contributed by atoms with Crippen LogP contribution in [0.25, 0.3) is 0 Å². The van der Waals surface area contributed by atoms with Crippen molar-refractivity contribution in [3.8, 4) is 5.75 Å². The number of hydrogen-bond donors (Lipinski definition) is 1. The molecule has 0 unspecified atom stereocenters. The number of carbonyl (C=O) groups excluding carboxylic acids is 1. The van der Waals surface area contributed by atoms with Crippen molar-refractivity contribution in [2.24, 2.45) is 5.41 Å². The number of carbonyl (C=O) groups is 1. The van der Waals surface area contributed by atoms with Gasteiger partial charge in [0.1, 0.15) is 17.1 Å². The second kappa shape index (κ2) is 7.48. The molecular weight excluding hydrogens is 281 g/mol. The standard InChI is InChI=1S/C15H21ClFNO2/c1-15(2,8-5-9-16)10-18-14(19)13-11(17)6-4-7-12(13)20-3/h4,6-7H,5,8-10H2,1-3H3,(H,18,19). The number of benzene rings is 1. The summed E-state index contributed by atoms with van der Waals surface area (Å²) in [6.45, 7) is 4.54. The third-order valence-electron chi connectivity index (χ3n) is 3.14. The predicted molar refractivity (Wildman–Crippen MR) is 79.0 cm³/mol. The van der Waals surface area contributed by atoms with E-state index in [0.29, 0.717) is 12.4 Å². The minimum atomic E-state index is -0.583. The summed E-state index contributed by atoms with van der Waals surface area (Å²) in [6, 6.07) is 4.32. The van der Waals surface area contributed by atoms with E-state index in [0.717, 1.165) is 12.8 Å². The molecule has 5 heteroatoms. The van der Waals surface area contributed by atoms with Gasteiger partial charge < -0.3 is 10.1 Å². The fourth-order valence-electron chi connectivity index (χ4n) is 1.94. The van der Waals surface area contributed by atoms with Crippen molar-refractivity contribution in [2.75, 3.05) is 19.5 Å². The minimum absolute atomic E-state index is 0.0526. The van der Waals surface area contributed by atoms with Gasteiger partial charge in [-0.25, -0.2) is 4.39 Å². The molecule has 0 aliphatic carbocycles. The number of ether oxygens (including phenoxy) is 1. The molecule has 0 atom stereocenters. The van der Waals surface area contributed by atoms with Crippen molar-refractivity contribution in [3.05, 3.63) is 29.6 Å². The van der Waals surface area contributed by atoms with Crippen molar-refractivity contribution in [1.29, 1.82) is 0 Å². The molecule has 0 aliphatic heterocycles. The van der Waals surface area contributed by atoms with Crippen molar-refractivity contribution >= 4 is 17.5 Å². The Labute approximate surface area is 124 Å². The summed E-state index contributed by atoms with van der Waals surface area (Å²) >= 11 is 5.67. The average Bonchev–Trinajstić information content (AvgIpc) is 2.42. The first-order chi connectivity index (χ1) is 9.41. The van der Waals surface area contributed by atoms with E-state index >= 15 is 0 Å². The summed E-state index contributed by atoms with van der Waals surface area (Å²) in [5, 5.41) is 2.76. The Hall–Kier alpha value is -1.29. The molecule has 20 heavy (non-hydrogen) atoms. The van der Waals surface area contributed by atoms with Crippen LogP contribution in [0.15, 0.2) is 18.2 Å². The van der Waals surface area contributed by atoms with Gasteiger partial charge in [0.2, 0.25) is 0 Å². The summed E-state index contributed by atoms with van der Waals surface area (Å²) in [5.41, 5.74) is -0.133. The van der Waals surface area contributed by atoms with Crippen LogP contribution in [0.1, 0.15) is 37.0 Å². The summed E-state index contributed by atoms with van der Waals surface area (Å²) in [6.07, 6.45) is 1.78. The van der Waals surface area contributed by atoms with Gasteiger partial charge in [0.25, 0.3) is 5.91 Å². The molecule has 1 amide bonds. The maximum Gasteiger partial charge on any atom is 0.258 e. The minimum Gasteiger partial charge on any atom is -0.496 e. The zero-order chi connectivity index (χ0) is 15.2. The number of halogens is 2. The number of hydrogen-bond acceptors (Lipinski definition) is 2.